The monoisotopic (exact) mass is 349 g/mol. The van der Waals surface area contributed by atoms with Crippen LogP contribution in [-0.2, 0) is 10.1 Å². The number of rotatable bonds is 2. The zero-order valence-corrected chi connectivity index (χ0v) is 11.0. The van der Waals surface area contributed by atoms with Crippen molar-refractivity contribution in [1.82, 2.24) is 0 Å². The standard InChI is InChI=1S/C10H8INO3S/c11-12-9-6-5-7-3-1-2-4-8(7)10(9)16(13,14)15/h1-6,12H,(H,13,14,15). The van der Waals surface area contributed by atoms with E-state index in [-0.39, 0.29) is 4.90 Å². The van der Waals surface area contributed by atoms with Crippen molar-refractivity contribution in [2.75, 3.05) is 3.53 Å². The fourth-order valence-corrected chi connectivity index (χ4v) is 3.09. The van der Waals surface area contributed by atoms with Gasteiger partial charge in [-0.1, -0.05) is 30.3 Å². The summed E-state index contributed by atoms with van der Waals surface area (Å²) in [5, 5.41) is 1.28. The van der Waals surface area contributed by atoms with Crippen LogP contribution in [0.5, 0.6) is 0 Å². The molecule has 0 atom stereocenters. The van der Waals surface area contributed by atoms with Crippen LogP contribution < -0.4 is 3.53 Å². The Morgan fingerprint density at radius 2 is 1.81 bits per heavy atom. The number of hydrogen-bond acceptors (Lipinski definition) is 3. The highest BCUT2D eigenvalue weighted by molar-refractivity contribution is 14.1. The largest absolute Gasteiger partial charge is 0.327 e. The quantitative estimate of drug-likeness (QED) is 0.497. The van der Waals surface area contributed by atoms with E-state index >= 15 is 0 Å². The molecule has 2 aromatic carbocycles. The molecule has 0 aliphatic rings. The van der Waals surface area contributed by atoms with Crippen LogP contribution in [-0.4, -0.2) is 13.0 Å². The van der Waals surface area contributed by atoms with Crippen LogP contribution in [0, 0.1) is 0 Å². The fourth-order valence-electron chi connectivity index (χ4n) is 1.60. The highest BCUT2D eigenvalue weighted by atomic mass is 127. The number of halogens is 1. The van der Waals surface area contributed by atoms with Crippen molar-refractivity contribution in [2.45, 2.75) is 4.90 Å². The Morgan fingerprint density at radius 3 is 2.44 bits per heavy atom. The van der Waals surface area contributed by atoms with E-state index in [0.29, 0.717) is 11.1 Å². The summed E-state index contributed by atoms with van der Waals surface area (Å²) >= 11 is 1.83. The normalized spacial score (nSPS) is 11.6. The van der Waals surface area contributed by atoms with Gasteiger partial charge < -0.3 is 3.53 Å². The Bertz CT molecular complexity index is 640. The Balaban J connectivity index is 2.95. The first-order valence-electron chi connectivity index (χ1n) is 4.40. The molecule has 0 saturated heterocycles. The molecule has 16 heavy (non-hydrogen) atoms. The smallest absolute Gasteiger partial charge is 0.297 e. The first-order valence-corrected chi connectivity index (χ1v) is 6.92. The Labute approximate surface area is 107 Å². The van der Waals surface area contributed by atoms with Crippen molar-refractivity contribution in [1.29, 1.82) is 0 Å². The van der Waals surface area contributed by atoms with Gasteiger partial charge in [0.25, 0.3) is 10.1 Å². The van der Waals surface area contributed by atoms with E-state index in [0.717, 1.165) is 5.39 Å². The second-order valence-corrected chi connectivity index (χ2v) is 5.13. The number of benzene rings is 2. The molecule has 4 nitrogen and oxygen atoms in total. The van der Waals surface area contributed by atoms with Gasteiger partial charge in [0.1, 0.15) is 4.90 Å². The first-order chi connectivity index (χ1) is 7.54. The molecule has 2 N–H and O–H groups in total. The Hall–Kier alpha value is -0.860. The molecule has 84 valence electrons. The number of nitrogens with one attached hydrogen (secondary N) is 1. The lowest BCUT2D eigenvalue weighted by molar-refractivity contribution is 0.484. The van der Waals surface area contributed by atoms with Crippen molar-refractivity contribution in [3.05, 3.63) is 36.4 Å². The van der Waals surface area contributed by atoms with E-state index in [2.05, 4.69) is 3.53 Å². The lowest BCUT2D eigenvalue weighted by Crippen LogP contribution is -2.02. The van der Waals surface area contributed by atoms with Crippen LogP contribution in [0.4, 0.5) is 5.69 Å². The lowest BCUT2D eigenvalue weighted by atomic mass is 10.1. The topological polar surface area (TPSA) is 66.4 Å². The molecule has 6 heteroatoms. The molecule has 0 radical (unpaired) electrons. The van der Waals surface area contributed by atoms with Gasteiger partial charge in [-0.25, -0.2) is 0 Å². The van der Waals surface area contributed by atoms with E-state index in [1.165, 1.54) is 0 Å². The number of hydrogen-bond donors (Lipinski definition) is 2. The van der Waals surface area contributed by atoms with Crippen LogP contribution >= 0.6 is 22.9 Å². The minimum absolute atomic E-state index is 0.0833. The third kappa shape index (κ3) is 2.00. The number of anilines is 1. The van der Waals surface area contributed by atoms with E-state index in [1.807, 2.05) is 28.9 Å². The van der Waals surface area contributed by atoms with Crippen molar-refractivity contribution in [2.24, 2.45) is 0 Å². The summed E-state index contributed by atoms with van der Waals surface area (Å²) in [5.74, 6) is 0. The van der Waals surface area contributed by atoms with Crippen molar-refractivity contribution in [3.63, 3.8) is 0 Å². The summed E-state index contributed by atoms with van der Waals surface area (Å²) < 4.78 is 34.6. The van der Waals surface area contributed by atoms with Gasteiger partial charge >= 0.3 is 0 Å². The van der Waals surface area contributed by atoms with Gasteiger partial charge in [0.15, 0.2) is 0 Å². The molecule has 0 unspecified atom stereocenters. The molecule has 0 amide bonds. The van der Waals surface area contributed by atoms with Crippen molar-refractivity contribution >= 4 is 49.4 Å². The molecule has 0 saturated carbocycles. The second kappa shape index (κ2) is 4.19. The van der Waals surface area contributed by atoms with E-state index in [9.17, 15) is 13.0 Å². The molecule has 2 aromatic rings. The first kappa shape index (κ1) is 11.6. The van der Waals surface area contributed by atoms with Gasteiger partial charge in [-0.15, -0.1) is 0 Å². The molecule has 0 aliphatic carbocycles. The summed E-state index contributed by atoms with van der Waals surface area (Å²) in [6, 6.07) is 10.4. The van der Waals surface area contributed by atoms with Crippen molar-refractivity contribution < 1.29 is 13.0 Å². The van der Waals surface area contributed by atoms with Crippen LogP contribution in [0.1, 0.15) is 0 Å². The molecule has 0 bridgehead atoms. The zero-order valence-electron chi connectivity index (χ0n) is 8.01. The highest BCUT2D eigenvalue weighted by Crippen LogP contribution is 2.30. The molecule has 2 rings (SSSR count). The molecule has 0 heterocycles. The van der Waals surface area contributed by atoms with Crippen LogP contribution in [0.25, 0.3) is 10.8 Å². The Kier molecular flexibility index (Phi) is 3.04. The predicted octanol–water partition coefficient (Wildman–Crippen LogP) is 2.85. The van der Waals surface area contributed by atoms with Crippen LogP contribution in [0.3, 0.4) is 0 Å². The predicted molar refractivity (Wildman–Crippen MR) is 71.4 cm³/mol. The average Bonchev–Trinajstić information content (AvgIpc) is 2.26. The van der Waals surface area contributed by atoms with E-state index in [1.54, 1.807) is 30.3 Å². The highest BCUT2D eigenvalue weighted by Gasteiger charge is 2.18. The molecular weight excluding hydrogens is 341 g/mol. The summed E-state index contributed by atoms with van der Waals surface area (Å²) in [6.45, 7) is 0. The molecule has 0 fully saturated rings. The third-order valence-corrected chi connectivity index (χ3v) is 3.78. The van der Waals surface area contributed by atoms with Gasteiger partial charge in [0.2, 0.25) is 0 Å². The molecule has 0 aromatic heterocycles. The van der Waals surface area contributed by atoms with Gasteiger partial charge in [-0.3, -0.25) is 4.55 Å². The second-order valence-electron chi connectivity index (χ2n) is 3.23. The molecule has 0 spiro atoms. The number of fused-ring (bicyclic) bond motifs is 1. The van der Waals surface area contributed by atoms with E-state index < -0.39 is 10.1 Å². The van der Waals surface area contributed by atoms with Gasteiger partial charge in [0.05, 0.1) is 28.6 Å². The lowest BCUT2D eigenvalue weighted by Gasteiger charge is -2.08. The summed E-state index contributed by atoms with van der Waals surface area (Å²) in [7, 11) is -4.24. The summed E-state index contributed by atoms with van der Waals surface area (Å²) in [4.78, 5) is -0.0833. The minimum Gasteiger partial charge on any atom is -0.327 e. The maximum absolute atomic E-state index is 11.3. The van der Waals surface area contributed by atoms with Crippen LogP contribution in [0.15, 0.2) is 41.3 Å². The summed E-state index contributed by atoms with van der Waals surface area (Å²) in [5.41, 5.74) is 0.377. The van der Waals surface area contributed by atoms with E-state index in [4.69, 9.17) is 0 Å². The minimum atomic E-state index is -4.24. The van der Waals surface area contributed by atoms with Crippen molar-refractivity contribution in [3.8, 4) is 0 Å². The zero-order chi connectivity index (χ0) is 11.8. The molecule has 0 aliphatic heterocycles. The molecular formula is C10H8INO3S. The maximum atomic E-state index is 11.3. The average molecular weight is 349 g/mol. The summed E-state index contributed by atoms with van der Waals surface area (Å²) in [6.07, 6.45) is 0. The fraction of sp³-hybridized carbons (Fsp3) is 0. The van der Waals surface area contributed by atoms with Gasteiger partial charge in [-0.2, -0.15) is 8.42 Å². The van der Waals surface area contributed by atoms with Gasteiger partial charge in [0, 0.05) is 5.39 Å². The van der Waals surface area contributed by atoms with Crippen LogP contribution in [0.2, 0.25) is 0 Å². The van der Waals surface area contributed by atoms with Gasteiger partial charge in [-0.05, 0) is 11.5 Å². The Morgan fingerprint density at radius 1 is 1.12 bits per heavy atom. The third-order valence-electron chi connectivity index (χ3n) is 2.24. The maximum Gasteiger partial charge on any atom is 0.297 e. The SMILES string of the molecule is O=S(=O)(O)c1c(NI)ccc2ccccc12.